The summed E-state index contributed by atoms with van der Waals surface area (Å²) in [7, 11) is 0. The van der Waals surface area contributed by atoms with Crippen LogP contribution in [0.5, 0.6) is 0 Å². The number of carbonyl (C=O) groups is 1. The van der Waals surface area contributed by atoms with Crippen LogP contribution in [-0.4, -0.2) is 41.7 Å². The molecule has 2 heterocycles. The highest BCUT2D eigenvalue weighted by Crippen LogP contribution is 2.49. The molecule has 1 aromatic heterocycles. The number of hydrogen-bond acceptors (Lipinski definition) is 4. The van der Waals surface area contributed by atoms with Crippen molar-refractivity contribution in [3.8, 4) is 0 Å². The molecule has 1 spiro atoms. The molecule has 3 rings (SSSR count). The zero-order valence-electron chi connectivity index (χ0n) is 14.8. The Bertz CT molecular complexity index is 531. The zero-order chi connectivity index (χ0) is 17.0. The number of piperidine rings is 1. The summed E-state index contributed by atoms with van der Waals surface area (Å²) in [5.74, 6) is 0.382. The maximum Gasteiger partial charge on any atom is 0.407 e. The molecule has 1 aromatic rings. The molecule has 5 heteroatoms. The van der Waals surface area contributed by atoms with Crippen molar-refractivity contribution in [3.05, 3.63) is 30.1 Å². The van der Waals surface area contributed by atoms with Crippen LogP contribution in [0.25, 0.3) is 0 Å². The molecule has 1 saturated heterocycles. The van der Waals surface area contributed by atoms with Gasteiger partial charge in [-0.2, -0.15) is 0 Å². The van der Waals surface area contributed by atoms with Crippen LogP contribution < -0.4 is 5.32 Å². The molecule has 1 amide bonds. The third-order valence-electron chi connectivity index (χ3n) is 5.27. The summed E-state index contributed by atoms with van der Waals surface area (Å²) in [6.45, 7) is 7.86. The van der Waals surface area contributed by atoms with E-state index in [-0.39, 0.29) is 6.09 Å². The number of ether oxygens (including phenoxy) is 1. The molecule has 5 nitrogen and oxygen atoms in total. The molecule has 1 N–H and O–H groups in total. The molecule has 2 aliphatic rings. The molecular formula is C19H29N3O2. The normalized spacial score (nSPS) is 20.8. The van der Waals surface area contributed by atoms with Crippen molar-refractivity contribution in [2.75, 3.05) is 19.7 Å². The van der Waals surface area contributed by atoms with Gasteiger partial charge >= 0.3 is 6.09 Å². The number of rotatable bonds is 5. The first-order chi connectivity index (χ1) is 11.5. The summed E-state index contributed by atoms with van der Waals surface area (Å²) < 4.78 is 5.20. The molecular weight excluding hydrogens is 302 g/mol. The van der Waals surface area contributed by atoms with Gasteiger partial charge in [0.15, 0.2) is 0 Å². The van der Waals surface area contributed by atoms with Gasteiger partial charge in [-0.25, -0.2) is 4.79 Å². The van der Waals surface area contributed by atoms with Crippen molar-refractivity contribution < 1.29 is 9.53 Å². The Kier molecular flexibility index (Phi) is 5.39. The van der Waals surface area contributed by atoms with Crippen molar-refractivity contribution in [2.45, 2.75) is 52.1 Å². The van der Waals surface area contributed by atoms with Crippen LogP contribution >= 0.6 is 0 Å². The minimum absolute atomic E-state index is 0.252. The smallest absolute Gasteiger partial charge is 0.407 e. The molecule has 24 heavy (non-hydrogen) atoms. The van der Waals surface area contributed by atoms with E-state index in [1.165, 1.54) is 18.4 Å². The molecule has 1 saturated carbocycles. The monoisotopic (exact) mass is 331 g/mol. The second-order valence-corrected chi connectivity index (χ2v) is 7.88. The quantitative estimate of drug-likeness (QED) is 0.900. The lowest BCUT2D eigenvalue weighted by atomic mass is 9.60. The highest BCUT2D eigenvalue weighted by Gasteiger charge is 2.46. The topological polar surface area (TPSA) is 54.5 Å². The van der Waals surface area contributed by atoms with Crippen molar-refractivity contribution in [1.29, 1.82) is 0 Å². The van der Waals surface area contributed by atoms with Gasteiger partial charge in [-0.3, -0.25) is 9.88 Å². The van der Waals surface area contributed by atoms with Crippen LogP contribution in [0.1, 0.15) is 45.1 Å². The number of pyridine rings is 1. The summed E-state index contributed by atoms with van der Waals surface area (Å²) >= 11 is 0. The second-order valence-electron chi connectivity index (χ2n) is 7.88. The minimum atomic E-state index is -0.252. The van der Waals surface area contributed by atoms with Crippen LogP contribution in [0.4, 0.5) is 4.79 Å². The van der Waals surface area contributed by atoms with E-state index < -0.39 is 0 Å². The van der Waals surface area contributed by atoms with Gasteiger partial charge in [-0.1, -0.05) is 19.9 Å². The van der Waals surface area contributed by atoms with Gasteiger partial charge in [0, 0.05) is 25.0 Å². The fourth-order valence-electron chi connectivity index (χ4n) is 3.88. The molecule has 2 fully saturated rings. The van der Waals surface area contributed by atoms with Crippen LogP contribution in [0.3, 0.4) is 0 Å². The van der Waals surface area contributed by atoms with E-state index in [4.69, 9.17) is 4.74 Å². The third-order valence-corrected chi connectivity index (χ3v) is 5.27. The number of likely N-dealkylation sites (tertiary alicyclic amines) is 1. The van der Waals surface area contributed by atoms with Crippen LogP contribution in [0, 0.1) is 11.3 Å². The Morgan fingerprint density at radius 1 is 1.42 bits per heavy atom. The van der Waals surface area contributed by atoms with Crippen molar-refractivity contribution >= 4 is 6.09 Å². The number of carbonyl (C=O) groups excluding carboxylic acids is 1. The summed E-state index contributed by atoms with van der Waals surface area (Å²) in [4.78, 5) is 18.4. The highest BCUT2D eigenvalue weighted by molar-refractivity contribution is 5.67. The largest absolute Gasteiger partial charge is 0.449 e. The predicted octanol–water partition coefficient (Wildman–Crippen LogP) is 3.21. The summed E-state index contributed by atoms with van der Waals surface area (Å²) in [6, 6.07) is 4.44. The summed E-state index contributed by atoms with van der Waals surface area (Å²) in [5, 5.41) is 3.01. The maximum absolute atomic E-state index is 11.7. The fourth-order valence-corrected chi connectivity index (χ4v) is 3.88. The van der Waals surface area contributed by atoms with Crippen LogP contribution in [-0.2, 0) is 11.3 Å². The summed E-state index contributed by atoms with van der Waals surface area (Å²) in [5.41, 5.74) is 1.73. The molecule has 1 aliphatic carbocycles. The van der Waals surface area contributed by atoms with Gasteiger partial charge < -0.3 is 10.1 Å². The first-order valence-electron chi connectivity index (χ1n) is 9.09. The SMILES string of the molecule is CC(C)COC(=O)NC1CC2(CCN(Cc3cccnc3)CC2)C1. The van der Waals surface area contributed by atoms with Gasteiger partial charge in [0.05, 0.1) is 6.61 Å². The molecule has 1 aliphatic heterocycles. The Morgan fingerprint density at radius 2 is 2.17 bits per heavy atom. The number of hydrogen-bond donors (Lipinski definition) is 1. The molecule has 0 unspecified atom stereocenters. The van der Waals surface area contributed by atoms with Crippen molar-refractivity contribution in [1.82, 2.24) is 15.2 Å². The van der Waals surface area contributed by atoms with E-state index in [0.717, 1.165) is 32.5 Å². The predicted molar refractivity (Wildman–Crippen MR) is 93.5 cm³/mol. The number of aromatic nitrogens is 1. The third kappa shape index (κ3) is 4.47. The van der Waals surface area contributed by atoms with Crippen molar-refractivity contribution in [3.63, 3.8) is 0 Å². The number of nitrogens with zero attached hydrogens (tertiary/aromatic N) is 2. The fraction of sp³-hybridized carbons (Fsp3) is 0.684. The number of nitrogens with one attached hydrogen (secondary N) is 1. The van der Waals surface area contributed by atoms with Crippen molar-refractivity contribution in [2.24, 2.45) is 11.3 Å². The van der Waals surface area contributed by atoms with E-state index in [0.29, 0.717) is 24.0 Å². The molecule has 132 valence electrons. The van der Waals surface area contributed by atoms with E-state index in [1.807, 2.05) is 32.3 Å². The molecule has 0 radical (unpaired) electrons. The Balaban J connectivity index is 1.36. The van der Waals surface area contributed by atoms with E-state index in [2.05, 4.69) is 21.3 Å². The lowest BCUT2D eigenvalue weighted by Gasteiger charge is -2.52. The standard InChI is InChI=1S/C19H29N3O2/c1-15(2)14-24-18(23)21-17-10-19(11-17)5-8-22(9-6-19)13-16-4-3-7-20-12-16/h3-4,7,12,15,17H,5-6,8-11,13-14H2,1-2H3,(H,21,23). The first kappa shape index (κ1) is 17.2. The van der Waals surface area contributed by atoms with E-state index in [1.54, 1.807) is 0 Å². The zero-order valence-corrected chi connectivity index (χ0v) is 14.8. The number of amides is 1. The van der Waals surface area contributed by atoms with Gasteiger partial charge in [0.2, 0.25) is 0 Å². The van der Waals surface area contributed by atoms with Gasteiger partial charge in [0.1, 0.15) is 0 Å². The van der Waals surface area contributed by atoms with E-state index in [9.17, 15) is 4.79 Å². The first-order valence-corrected chi connectivity index (χ1v) is 9.09. The van der Waals surface area contributed by atoms with Gasteiger partial charge in [-0.05, 0) is 61.7 Å². The average molecular weight is 331 g/mol. The average Bonchev–Trinajstić information content (AvgIpc) is 2.54. The Morgan fingerprint density at radius 3 is 2.79 bits per heavy atom. The second kappa shape index (κ2) is 7.51. The molecule has 0 bridgehead atoms. The number of alkyl carbamates (subject to hydrolysis) is 1. The molecule has 0 aromatic carbocycles. The summed E-state index contributed by atoms with van der Waals surface area (Å²) in [6.07, 6.45) is 8.19. The maximum atomic E-state index is 11.7. The van der Waals surface area contributed by atoms with E-state index >= 15 is 0 Å². The van der Waals surface area contributed by atoms with Crippen LogP contribution in [0.2, 0.25) is 0 Å². The Hall–Kier alpha value is -1.62. The van der Waals surface area contributed by atoms with Crippen LogP contribution in [0.15, 0.2) is 24.5 Å². The molecule has 0 atom stereocenters. The van der Waals surface area contributed by atoms with Gasteiger partial charge in [-0.15, -0.1) is 0 Å². The highest BCUT2D eigenvalue weighted by atomic mass is 16.5. The Labute approximate surface area is 144 Å². The minimum Gasteiger partial charge on any atom is -0.449 e. The lowest BCUT2D eigenvalue weighted by Crippen LogP contribution is -2.54. The lowest BCUT2D eigenvalue weighted by molar-refractivity contribution is 0.00287. The van der Waals surface area contributed by atoms with Gasteiger partial charge in [0.25, 0.3) is 0 Å².